The molecular formula is C14H21N3O2. The van der Waals surface area contributed by atoms with Gasteiger partial charge in [0.15, 0.2) is 0 Å². The second-order valence-corrected chi connectivity index (χ2v) is 4.55. The highest BCUT2D eigenvalue weighted by molar-refractivity contribution is 5.78. The van der Waals surface area contributed by atoms with Gasteiger partial charge in [0.05, 0.1) is 6.42 Å². The van der Waals surface area contributed by atoms with Gasteiger partial charge in [-0.25, -0.2) is 0 Å². The number of primary amides is 1. The highest BCUT2D eigenvalue weighted by Gasteiger charge is 2.02. The molecule has 0 heterocycles. The minimum atomic E-state index is -0.271. The van der Waals surface area contributed by atoms with Gasteiger partial charge >= 0.3 is 0 Å². The standard InChI is InChI=1S/C14H21N3O2/c15-12-7-5-11(6-8-12)10-14(19)17-9-3-1-2-4-13(16)18/h5-8H,1-4,9-10,15H2,(H2,16,18)(H,17,19). The van der Waals surface area contributed by atoms with E-state index >= 15 is 0 Å². The number of hydrogen-bond donors (Lipinski definition) is 3. The first-order valence-electron chi connectivity index (χ1n) is 6.47. The van der Waals surface area contributed by atoms with E-state index in [-0.39, 0.29) is 11.8 Å². The summed E-state index contributed by atoms with van der Waals surface area (Å²) in [5.74, 6) is -0.271. The molecule has 0 saturated heterocycles. The molecular weight excluding hydrogens is 242 g/mol. The van der Waals surface area contributed by atoms with Crippen LogP contribution in [-0.4, -0.2) is 18.4 Å². The summed E-state index contributed by atoms with van der Waals surface area (Å²) in [5, 5.41) is 2.85. The molecule has 0 aliphatic heterocycles. The molecule has 0 aliphatic carbocycles. The molecule has 104 valence electrons. The second-order valence-electron chi connectivity index (χ2n) is 4.55. The Morgan fingerprint density at radius 2 is 1.74 bits per heavy atom. The van der Waals surface area contributed by atoms with E-state index in [1.54, 1.807) is 12.1 Å². The molecule has 1 aromatic rings. The molecule has 5 heteroatoms. The summed E-state index contributed by atoms with van der Waals surface area (Å²) >= 11 is 0. The number of carbonyl (C=O) groups excluding carboxylic acids is 2. The molecule has 1 aromatic carbocycles. The van der Waals surface area contributed by atoms with Gasteiger partial charge in [-0.15, -0.1) is 0 Å². The van der Waals surface area contributed by atoms with Crippen molar-refractivity contribution in [2.45, 2.75) is 32.1 Å². The summed E-state index contributed by atoms with van der Waals surface area (Å²) in [7, 11) is 0. The molecule has 0 atom stereocenters. The SMILES string of the molecule is NC(=O)CCCCCNC(=O)Cc1ccc(N)cc1. The molecule has 0 spiro atoms. The number of anilines is 1. The average Bonchev–Trinajstić information content (AvgIpc) is 2.36. The first-order chi connectivity index (χ1) is 9.08. The summed E-state index contributed by atoms with van der Waals surface area (Å²) in [6.45, 7) is 0.632. The second kappa shape index (κ2) is 8.13. The lowest BCUT2D eigenvalue weighted by atomic mass is 10.1. The largest absolute Gasteiger partial charge is 0.399 e. The zero-order valence-corrected chi connectivity index (χ0v) is 11.0. The van der Waals surface area contributed by atoms with Crippen LogP contribution in [0.4, 0.5) is 5.69 Å². The third-order valence-corrected chi connectivity index (χ3v) is 2.77. The molecule has 0 aromatic heterocycles. The zero-order valence-electron chi connectivity index (χ0n) is 11.0. The number of hydrogen-bond acceptors (Lipinski definition) is 3. The predicted molar refractivity (Wildman–Crippen MR) is 75.2 cm³/mol. The quantitative estimate of drug-likeness (QED) is 0.481. The number of amides is 2. The molecule has 0 aliphatic rings. The van der Waals surface area contributed by atoms with E-state index in [0.29, 0.717) is 25.1 Å². The molecule has 2 amide bonds. The Balaban J connectivity index is 2.11. The van der Waals surface area contributed by atoms with E-state index in [0.717, 1.165) is 24.8 Å². The van der Waals surface area contributed by atoms with Gasteiger partial charge in [-0.3, -0.25) is 9.59 Å². The van der Waals surface area contributed by atoms with Gasteiger partial charge < -0.3 is 16.8 Å². The van der Waals surface area contributed by atoms with Crippen molar-refractivity contribution in [1.82, 2.24) is 5.32 Å². The van der Waals surface area contributed by atoms with Crippen molar-refractivity contribution in [3.63, 3.8) is 0 Å². The van der Waals surface area contributed by atoms with Crippen LogP contribution in [0.1, 0.15) is 31.2 Å². The summed E-state index contributed by atoms with van der Waals surface area (Å²) in [5.41, 5.74) is 12.2. The summed E-state index contributed by atoms with van der Waals surface area (Å²) < 4.78 is 0. The van der Waals surface area contributed by atoms with Gasteiger partial charge in [-0.2, -0.15) is 0 Å². The predicted octanol–water partition coefficient (Wildman–Crippen LogP) is 0.973. The van der Waals surface area contributed by atoms with Crippen molar-refractivity contribution in [1.29, 1.82) is 0 Å². The third-order valence-electron chi connectivity index (χ3n) is 2.77. The van der Waals surface area contributed by atoms with E-state index in [1.165, 1.54) is 0 Å². The average molecular weight is 263 g/mol. The maximum Gasteiger partial charge on any atom is 0.224 e. The molecule has 5 N–H and O–H groups in total. The molecule has 0 bridgehead atoms. The van der Waals surface area contributed by atoms with E-state index < -0.39 is 0 Å². The van der Waals surface area contributed by atoms with Crippen LogP contribution in [0.2, 0.25) is 0 Å². The lowest BCUT2D eigenvalue weighted by Gasteiger charge is -2.05. The minimum absolute atomic E-state index is 0.000303. The Morgan fingerprint density at radius 1 is 1.05 bits per heavy atom. The third kappa shape index (κ3) is 7.08. The van der Waals surface area contributed by atoms with Gasteiger partial charge in [0.1, 0.15) is 0 Å². The number of nitrogens with one attached hydrogen (secondary N) is 1. The van der Waals surface area contributed by atoms with Crippen molar-refractivity contribution in [2.75, 3.05) is 12.3 Å². The molecule has 0 unspecified atom stereocenters. The van der Waals surface area contributed by atoms with Crippen molar-refractivity contribution >= 4 is 17.5 Å². The summed E-state index contributed by atoms with van der Waals surface area (Å²) in [4.78, 5) is 22.1. The first-order valence-corrected chi connectivity index (χ1v) is 6.47. The smallest absolute Gasteiger partial charge is 0.224 e. The molecule has 0 saturated carbocycles. The molecule has 0 radical (unpaired) electrons. The van der Waals surface area contributed by atoms with E-state index in [1.807, 2.05) is 12.1 Å². The number of nitrogen functional groups attached to an aromatic ring is 1. The number of unbranched alkanes of at least 4 members (excludes halogenated alkanes) is 2. The zero-order chi connectivity index (χ0) is 14.1. The van der Waals surface area contributed by atoms with E-state index in [9.17, 15) is 9.59 Å². The van der Waals surface area contributed by atoms with Gasteiger partial charge in [-0.1, -0.05) is 18.6 Å². The van der Waals surface area contributed by atoms with Crippen molar-refractivity contribution in [2.24, 2.45) is 5.73 Å². The summed E-state index contributed by atoms with van der Waals surface area (Å²) in [6.07, 6.45) is 3.32. The van der Waals surface area contributed by atoms with Crippen LogP contribution in [0, 0.1) is 0 Å². The maximum atomic E-state index is 11.6. The Labute approximate surface area is 113 Å². The van der Waals surface area contributed by atoms with Crippen molar-refractivity contribution in [3.05, 3.63) is 29.8 Å². The highest BCUT2D eigenvalue weighted by atomic mass is 16.1. The highest BCUT2D eigenvalue weighted by Crippen LogP contribution is 2.06. The van der Waals surface area contributed by atoms with Crippen LogP contribution in [-0.2, 0) is 16.0 Å². The Bertz CT molecular complexity index is 415. The van der Waals surface area contributed by atoms with Gasteiger partial charge in [0, 0.05) is 18.7 Å². The fraction of sp³-hybridized carbons (Fsp3) is 0.429. The fourth-order valence-electron chi connectivity index (χ4n) is 1.71. The molecule has 0 fully saturated rings. The van der Waals surface area contributed by atoms with E-state index in [4.69, 9.17) is 11.5 Å². The van der Waals surface area contributed by atoms with Crippen LogP contribution in [0.5, 0.6) is 0 Å². The molecule has 1 rings (SSSR count). The Kier molecular flexibility index (Phi) is 6.43. The fourth-order valence-corrected chi connectivity index (χ4v) is 1.71. The number of rotatable bonds is 8. The normalized spacial score (nSPS) is 10.1. The van der Waals surface area contributed by atoms with Crippen LogP contribution in [0.25, 0.3) is 0 Å². The monoisotopic (exact) mass is 263 g/mol. The van der Waals surface area contributed by atoms with Gasteiger partial charge in [0.25, 0.3) is 0 Å². The Morgan fingerprint density at radius 3 is 2.37 bits per heavy atom. The van der Waals surface area contributed by atoms with Crippen LogP contribution >= 0.6 is 0 Å². The van der Waals surface area contributed by atoms with Gasteiger partial charge in [-0.05, 0) is 30.5 Å². The minimum Gasteiger partial charge on any atom is -0.399 e. The molecule has 5 nitrogen and oxygen atoms in total. The van der Waals surface area contributed by atoms with Crippen LogP contribution < -0.4 is 16.8 Å². The van der Waals surface area contributed by atoms with Crippen molar-refractivity contribution in [3.8, 4) is 0 Å². The lowest BCUT2D eigenvalue weighted by Crippen LogP contribution is -2.26. The van der Waals surface area contributed by atoms with Crippen molar-refractivity contribution < 1.29 is 9.59 Å². The van der Waals surface area contributed by atoms with Gasteiger partial charge in [0.2, 0.25) is 11.8 Å². The number of benzene rings is 1. The molecule has 19 heavy (non-hydrogen) atoms. The van der Waals surface area contributed by atoms with E-state index in [2.05, 4.69) is 5.32 Å². The number of carbonyl (C=O) groups is 2. The lowest BCUT2D eigenvalue weighted by molar-refractivity contribution is -0.120. The maximum absolute atomic E-state index is 11.6. The topological polar surface area (TPSA) is 98.2 Å². The first kappa shape index (κ1) is 15.0. The van der Waals surface area contributed by atoms with Crippen LogP contribution in [0.3, 0.4) is 0 Å². The van der Waals surface area contributed by atoms with Crippen LogP contribution in [0.15, 0.2) is 24.3 Å². The Hall–Kier alpha value is -2.04. The number of nitrogens with two attached hydrogens (primary N) is 2. The summed E-state index contributed by atoms with van der Waals surface area (Å²) in [6, 6.07) is 7.27.